The van der Waals surface area contributed by atoms with Gasteiger partial charge in [0.1, 0.15) is 0 Å². The molecule has 0 bridgehead atoms. The van der Waals surface area contributed by atoms with Crippen LogP contribution in [-0.4, -0.2) is 5.78 Å². The Kier molecular flexibility index (Phi) is 3.68. The van der Waals surface area contributed by atoms with Crippen LogP contribution in [0.25, 0.3) is 0 Å². The molecule has 1 unspecified atom stereocenters. The van der Waals surface area contributed by atoms with Crippen molar-refractivity contribution in [1.82, 2.24) is 0 Å². The van der Waals surface area contributed by atoms with Crippen molar-refractivity contribution in [2.45, 2.75) is 27.2 Å². The molecule has 0 N–H and O–H groups in total. The molecule has 0 spiro atoms. The van der Waals surface area contributed by atoms with Crippen LogP contribution < -0.4 is 0 Å². The molecule has 0 aromatic carbocycles. The van der Waals surface area contributed by atoms with Crippen LogP contribution in [0.4, 0.5) is 0 Å². The van der Waals surface area contributed by atoms with Crippen LogP contribution in [0.1, 0.15) is 34.8 Å². The molecule has 1 heterocycles. The van der Waals surface area contributed by atoms with Crippen LogP contribution in [0.5, 0.6) is 0 Å². The summed E-state index contributed by atoms with van der Waals surface area (Å²) in [6, 6.07) is 1.93. The van der Waals surface area contributed by atoms with Crippen molar-refractivity contribution < 1.29 is 4.79 Å². The summed E-state index contributed by atoms with van der Waals surface area (Å²) in [7, 11) is 0. The molecule has 0 saturated carbocycles. The van der Waals surface area contributed by atoms with Gasteiger partial charge < -0.3 is 0 Å². The van der Waals surface area contributed by atoms with E-state index in [1.165, 1.54) is 4.88 Å². The fourth-order valence-electron chi connectivity index (χ4n) is 1.01. The van der Waals surface area contributed by atoms with Crippen molar-refractivity contribution in [3.63, 3.8) is 0 Å². The molecule has 0 radical (unpaired) electrons. The van der Waals surface area contributed by atoms with Gasteiger partial charge in [0, 0.05) is 15.3 Å². The molecule has 1 aromatic heterocycles. The summed E-state index contributed by atoms with van der Waals surface area (Å²) in [4.78, 5) is 13.8. The van der Waals surface area contributed by atoms with E-state index in [1.807, 2.05) is 26.8 Å². The Morgan fingerprint density at radius 2 is 2.31 bits per heavy atom. The Labute approximate surface area is 91.3 Å². The molecule has 13 heavy (non-hydrogen) atoms. The molecular weight excluding hydrogens is 248 g/mol. The summed E-state index contributed by atoms with van der Waals surface area (Å²) in [5.41, 5.74) is 0. The van der Waals surface area contributed by atoms with Gasteiger partial charge in [-0.25, -0.2) is 0 Å². The zero-order chi connectivity index (χ0) is 10.0. The van der Waals surface area contributed by atoms with E-state index in [1.54, 1.807) is 11.3 Å². The molecule has 0 aliphatic heterocycles. The van der Waals surface area contributed by atoms with Crippen LogP contribution in [0.3, 0.4) is 0 Å². The maximum Gasteiger partial charge on any atom is 0.175 e. The number of carbonyl (C=O) groups is 1. The van der Waals surface area contributed by atoms with E-state index < -0.39 is 0 Å². The summed E-state index contributed by atoms with van der Waals surface area (Å²) in [6.45, 7) is 6.03. The van der Waals surface area contributed by atoms with Gasteiger partial charge in [0.2, 0.25) is 0 Å². The van der Waals surface area contributed by atoms with Gasteiger partial charge in [-0.2, -0.15) is 0 Å². The number of hydrogen-bond acceptors (Lipinski definition) is 2. The van der Waals surface area contributed by atoms with E-state index in [4.69, 9.17) is 0 Å². The average Bonchev–Trinajstić information content (AvgIpc) is 2.44. The molecule has 1 rings (SSSR count). The summed E-state index contributed by atoms with van der Waals surface area (Å²) >= 11 is 4.98. The number of rotatable bonds is 3. The molecule has 0 aliphatic rings. The number of carbonyl (C=O) groups excluding carboxylic acids is 1. The highest BCUT2D eigenvalue weighted by molar-refractivity contribution is 9.10. The Morgan fingerprint density at radius 1 is 1.69 bits per heavy atom. The Hall–Kier alpha value is -0.150. The second-order valence-corrected chi connectivity index (χ2v) is 5.30. The summed E-state index contributed by atoms with van der Waals surface area (Å²) in [5.74, 6) is 0.409. The largest absolute Gasteiger partial charge is 0.293 e. The van der Waals surface area contributed by atoms with Gasteiger partial charge in [-0.3, -0.25) is 4.79 Å². The minimum atomic E-state index is 0.143. The van der Waals surface area contributed by atoms with Crippen molar-refractivity contribution in [3.05, 3.63) is 20.3 Å². The Balaban J connectivity index is 2.89. The fourth-order valence-corrected chi connectivity index (χ4v) is 2.60. The molecular formula is C10H13BrOS. The number of Topliss-reactive ketones (excluding diaryl/α,β-unsaturated/α-hetero) is 1. The van der Waals surface area contributed by atoms with Crippen molar-refractivity contribution in [1.29, 1.82) is 0 Å². The highest BCUT2D eigenvalue weighted by Crippen LogP contribution is 2.28. The third kappa shape index (κ3) is 2.41. The molecule has 0 fully saturated rings. The van der Waals surface area contributed by atoms with Crippen molar-refractivity contribution in [3.8, 4) is 0 Å². The van der Waals surface area contributed by atoms with Crippen LogP contribution in [0, 0.1) is 12.8 Å². The Bertz CT molecular complexity index is 297. The number of hydrogen-bond donors (Lipinski definition) is 0. The first-order valence-corrected chi connectivity index (χ1v) is 5.97. The first-order chi connectivity index (χ1) is 6.06. The first-order valence-electron chi connectivity index (χ1n) is 4.36. The molecule has 0 aliphatic carbocycles. The highest BCUT2D eigenvalue weighted by atomic mass is 79.9. The number of aryl methyl sites for hydroxylation is 1. The number of thiophene rings is 1. The average molecular weight is 261 g/mol. The van der Waals surface area contributed by atoms with Crippen molar-refractivity contribution >= 4 is 33.0 Å². The van der Waals surface area contributed by atoms with E-state index in [0.717, 1.165) is 15.8 Å². The predicted molar refractivity (Wildman–Crippen MR) is 60.5 cm³/mol. The lowest BCUT2D eigenvalue weighted by Crippen LogP contribution is -2.07. The summed E-state index contributed by atoms with van der Waals surface area (Å²) in [5, 5.41) is 0. The Morgan fingerprint density at radius 3 is 2.69 bits per heavy atom. The van der Waals surface area contributed by atoms with Gasteiger partial charge in [-0.15, -0.1) is 11.3 Å². The van der Waals surface area contributed by atoms with E-state index in [0.29, 0.717) is 0 Å². The smallest absolute Gasteiger partial charge is 0.175 e. The summed E-state index contributed by atoms with van der Waals surface area (Å²) in [6.07, 6.45) is 0.910. The molecule has 0 amide bonds. The van der Waals surface area contributed by atoms with Crippen molar-refractivity contribution in [2.24, 2.45) is 5.92 Å². The van der Waals surface area contributed by atoms with Crippen molar-refractivity contribution in [2.75, 3.05) is 0 Å². The molecule has 1 nitrogen and oxygen atoms in total. The SMILES string of the molecule is CCC(C)C(=O)c1cc(Br)c(C)s1. The van der Waals surface area contributed by atoms with Gasteiger partial charge >= 0.3 is 0 Å². The second kappa shape index (κ2) is 4.38. The van der Waals surface area contributed by atoms with E-state index >= 15 is 0 Å². The maximum atomic E-state index is 11.7. The number of halogens is 1. The van der Waals surface area contributed by atoms with Crippen LogP contribution in [0.15, 0.2) is 10.5 Å². The monoisotopic (exact) mass is 260 g/mol. The predicted octanol–water partition coefficient (Wildman–Crippen LogP) is 4.05. The molecule has 72 valence electrons. The topological polar surface area (TPSA) is 17.1 Å². The van der Waals surface area contributed by atoms with E-state index in [-0.39, 0.29) is 11.7 Å². The maximum absolute atomic E-state index is 11.7. The van der Waals surface area contributed by atoms with Gasteiger partial charge in [0.15, 0.2) is 5.78 Å². The van der Waals surface area contributed by atoms with Crippen LogP contribution in [-0.2, 0) is 0 Å². The second-order valence-electron chi connectivity index (χ2n) is 3.19. The minimum Gasteiger partial charge on any atom is -0.293 e. The molecule has 1 atom stereocenters. The van der Waals surface area contributed by atoms with E-state index in [2.05, 4.69) is 15.9 Å². The fraction of sp³-hybridized carbons (Fsp3) is 0.500. The van der Waals surface area contributed by atoms with Gasteiger partial charge in [0.05, 0.1) is 4.88 Å². The number of ketones is 1. The standard InChI is InChI=1S/C10H13BrOS/c1-4-6(2)10(12)9-5-8(11)7(3)13-9/h5-6H,4H2,1-3H3. The van der Waals surface area contributed by atoms with Gasteiger partial charge in [0.25, 0.3) is 0 Å². The van der Waals surface area contributed by atoms with Gasteiger partial charge in [-0.1, -0.05) is 13.8 Å². The van der Waals surface area contributed by atoms with Gasteiger partial charge in [-0.05, 0) is 35.3 Å². The van der Waals surface area contributed by atoms with Crippen LogP contribution in [0.2, 0.25) is 0 Å². The molecule has 1 aromatic rings. The quantitative estimate of drug-likeness (QED) is 0.750. The van der Waals surface area contributed by atoms with E-state index in [9.17, 15) is 4.79 Å². The lowest BCUT2D eigenvalue weighted by atomic mass is 10.0. The third-order valence-corrected chi connectivity index (χ3v) is 4.31. The normalized spacial score (nSPS) is 12.9. The minimum absolute atomic E-state index is 0.143. The zero-order valence-corrected chi connectivity index (χ0v) is 10.5. The lowest BCUT2D eigenvalue weighted by Gasteiger charge is -2.03. The van der Waals surface area contributed by atoms with Crippen LogP contribution >= 0.6 is 27.3 Å². The highest BCUT2D eigenvalue weighted by Gasteiger charge is 2.16. The molecule has 0 saturated heterocycles. The molecule has 3 heteroatoms. The first kappa shape index (κ1) is 10.9. The zero-order valence-electron chi connectivity index (χ0n) is 8.06. The lowest BCUT2D eigenvalue weighted by molar-refractivity contribution is 0.0931. The third-order valence-electron chi connectivity index (χ3n) is 2.16. The summed E-state index contributed by atoms with van der Waals surface area (Å²) < 4.78 is 1.05.